The summed E-state index contributed by atoms with van der Waals surface area (Å²) in [5.41, 5.74) is 0.704. The molecule has 0 aromatic carbocycles. The third-order valence-electron chi connectivity index (χ3n) is 2.20. The normalized spacial score (nSPS) is 14.7. The summed E-state index contributed by atoms with van der Waals surface area (Å²) in [4.78, 5) is 4.00. The average molecular weight is 211 g/mol. The van der Waals surface area contributed by atoms with Crippen molar-refractivity contribution in [3.05, 3.63) is 24.0 Å². The maximum absolute atomic E-state index is 9.86. The minimum absolute atomic E-state index is 0.260. The van der Waals surface area contributed by atoms with Gasteiger partial charge in [-0.15, -0.1) is 0 Å². The highest BCUT2D eigenvalue weighted by Gasteiger charge is 2.16. The molecule has 0 saturated carbocycles. The van der Waals surface area contributed by atoms with Crippen LogP contribution in [0, 0.1) is 0 Å². The van der Waals surface area contributed by atoms with Gasteiger partial charge in [0.15, 0.2) is 0 Å². The van der Waals surface area contributed by atoms with E-state index in [1.807, 2.05) is 6.92 Å². The zero-order chi connectivity index (χ0) is 11.3. The number of hydrogen-bond acceptors (Lipinski definition) is 4. The average Bonchev–Trinajstić information content (AvgIpc) is 2.28. The van der Waals surface area contributed by atoms with Crippen molar-refractivity contribution in [1.82, 2.24) is 4.98 Å². The molecule has 1 rings (SSSR count). The molecule has 1 heterocycles. The fourth-order valence-electron chi connectivity index (χ4n) is 1.24. The fraction of sp³-hybridized carbons (Fsp3) is 0.545. The topological polar surface area (TPSA) is 51.6 Å². The van der Waals surface area contributed by atoms with Crippen molar-refractivity contribution in [1.29, 1.82) is 0 Å². The van der Waals surface area contributed by atoms with Crippen molar-refractivity contribution < 1.29 is 14.6 Å². The summed E-state index contributed by atoms with van der Waals surface area (Å²) >= 11 is 0. The van der Waals surface area contributed by atoms with Gasteiger partial charge in [0.05, 0.1) is 18.9 Å². The smallest absolute Gasteiger partial charge is 0.137 e. The number of methoxy groups -OCH3 is 1. The number of nitrogens with zero attached hydrogens (tertiary/aromatic N) is 1. The Morgan fingerprint density at radius 2 is 2.20 bits per heavy atom. The van der Waals surface area contributed by atoms with Crippen LogP contribution in [0.4, 0.5) is 0 Å². The van der Waals surface area contributed by atoms with Crippen molar-refractivity contribution in [2.24, 2.45) is 0 Å². The Labute approximate surface area is 89.9 Å². The standard InChI is InChI=1S/C11H17NO3/c1-4-15-10-5-9(6-12-7-10)11(13)8(2)14-3/h5-8,11,13H,4H2,1-3H3. The number of aliphatic hydroxyl groups excluding tert-OH is 1. The predicted octanol–water partition coefficient (Wildman–Crippen LogP) is 1.55. The third kappa shape index (κ3) is 3.18. The van der Waals surface area contributed by atoms with Crippen LogP contribution in [0.1, 0.15) is 25.5 Å². The van der Waals surface area contributed by atoms with Gasteiger partial charge in [0, 0.05) is 18.9 Å². The molecule has 1 aromatic heterocycles. The molecule has 2 atom stereocenters. The monoisotopic (exact) mass is 211 g/mol. The first-order valence-corrected chi connectivity index (χ1v) is 4.97. The molecule has 4 nitrogen and oxygen atoms in total. The largest absolute Gasteiger partial charge is 0.492 e. The summed E-state index contributed by atoms with van der Waals surface area (Å²) in [7, 11) is 1.56. The van der Waals surface area contributed by atoms with Crippen LogP contribution in [0.2, 0.25) is 0 Å². The quantitative estimate of drug-likeness (QED) is 0.802. The van der Waals surface area contributed by atoms with E-state index in [1.54, 1.807) is 32.5 Å². The van der Waals surface area contributed by atoms with E-state index in [-0.39, 0.29) is 6.10 Å². The van der Waals surface area contributed by atoms with Crippen LogP contribution in [0.3, 0.4) is 0 Å². The van der Waals surface area contributed by atoms with E-state index in [1.165, 1.54) is 0 Å². The minimum atomic E-state index is -0.678. The highest BCUT2D eigenvalue weighted by atomic mass is 16.5. The van der Waals surface area contributed by atoms with Gasteiger partial charge in [-0.3, -0.25) is 4.98 Å². The molecule has 0 aliphatic carbocycles. The summed E-state index contributed by atoms with van der Waals surface area (Å²) in [6.07, 6.45) is 2.30. The summed E-state index contributed by atoms with van der Waals surface area (Å²) in [6, 6.07) is 1.77. The van der Waals surface area contributed by atoms with Crippen molar-refractivity contribution in [2.45, 2.75) is 26.1 Å². The van der Waals surface area contributed by atoms with E-state index >= 15 is 0 Å². The Hall–Kier alpha value is -1.13. The number of hydrogen-bond donors (Lipinski definition) is 1. The van der Waals surface area contributed by atoms with Crippen LogP contribution < -0.4 is 4.74 Å². The van der Waals surface area contributed by atoms with Crippen LogP contribution in [0.25, 0.3) is 0 Å². The van der Waals surface area contributed by atoms with E-state index < -0.39 is 6.10 Å². The summed E-state index contributed by atoms with van der Waals surface area (Å²) in [5, 5.41) is 9.86. The van der Waals surface area contributed by atoms with Gasteiger partial charge in [0.2, 0.25) is 0 Å². The Bertz CT molecular complexity index is 304. The summed E-state index contributed by atoms with van der Waals surface area (Å²) in [5.74, 6) is 0.664. The molecule has 2 unspecified atom stereocenters. The van der Waals surface area contributed by atoms with Crippen molar-refractivity contribution >= 4 is 0 Å². The molecule has 15 heavy (non-hydrogen) atoms. The number of rotatable bonds is 5. The van der Waals surface area contributed by atoms with Gasteiger partial charge >= 0.3 is 0 Å². The second-order valence-corrected chi connectivity index (χ2v) is 3.27. The van der Waals surface area contributed by atoms with Gasteiger partial charge in [-0.2, -0.15) is 0 Å². The van der Waals surface area contributed by atoms with Gasteiger partial charge in [0.25, 0.3) is 0 Å². The van der Waals surface area contributed by atoms with Crippen molar-refractivity contribution in [3.8, 4) is 5.75 Å². The number of ether oxygens (including phenoxy) is 2. The van der Waals surface area contributed by atoms with Gasteiger partial charge in [0.1, 0.15) is 11.9 Å². The Kier molecular flexibility index (Phi) is 4.52. The number of aromatic nitrogens is 1. The van der Waals surface area contributed by atoms with Crippen molar-refractivity contribution in [3.63, 3.8) is 0 Å². The lowest BCUT2D eigenvalue weighted by Gasteiger charge is -2.17. The van der Waals surface area contributed by atoms with Crippen molar-refractivity contribution in [2.75, 3.05) is 13.7 Å². The molecule has 0 saturated heterocycles. The maximum Gasteiger partial charge on any atom is 0.137 e. The molecule has 0 fully saturated rings. The molecule has 1 aromatic rings. The molecule has 0 bridgehead atoms. The first-order valence-electron chi connectivity index (χ1n) is 4.97. The van der Waals surface area contributed by atoms with Crippen LogP contribution in [0.15, 0.2) is 18.5 Å². The summed E-state index contributed by atoms with van der Waals surface area (Å²) < 4.78 is 10.3. The lowest BCUT2D eigenvalue weighted by molar-refractivity contribution is -0.00169. The Morgan fingerprint density at radius 3 is 2.80 bits per heavy atom. The van der Waals surface area contributed by atoms with Crippen LogP contribution in [0.5, 0.6) is 5.75 Å². The Balaban J connectivity index is 2.80. The molecule has 84 valence electrons. The molecule has 0 radical (unpaired) electrons. The molecule has 0 spiro atoms. The molecule has 0 aliphatic rings. The zero-order valence-electron chi connectivity index (χ0n) is 9.30. The first-order chi connectivity index (χ1) is 7.19. The highest BCUT2D eigenvalue weighted by Crippen LogP contribution is 2.21. The van der Waals surface area contributed by atoms with Gasteiger partial charge < -0.3 is 14.6 Å². The number of pyridine rings is 1. The highest BCUT2D eigenvalue weighted by molar-refractivity contribution is 5.25. The molecule has 4 heteroatoms. The fourth-order valence-corrected chi connectivity index (χ4v) is 1.24. The molecular weight excluding hydrogens is 194 g/mol. The van der Waals surface area contributed by atoms with E-state index in [4.69, 9.17) is 9.47 Å². The lowest BCUT2D eigenvalue weighted by atomic mass is 10.1. The molecule has 1 N–H and O–H groups in total. The maximum atomic E-state index is 9.86. The molecular formula is C11H17NO3. The SMILES string of the molecule is CCOc1cncc(C(O)C(C)OC)c1. The van der Waals surface area contributed by atoms with Crippen LogP contribution >= 0.6 is 0 Å². The van der Waals surface area contributed by atoms with E-state index in [9.17, 15) is 5.11 Å². The minimum Gasteiger partial charge on any atom is -0.492 e. The van der Waals surface area contributed by atoms with E-state index in [0.29, 0.717) is 17.9 Å². The number of aliphatic hydroxyl groups is 1. The molecule has 0 aliphatic heterocycles. The molecule has 0 amide bonds. The first kappa shape index (κ1) is 11.9. The zero-order valence-corrected chi connectivity index (χ0v) is 9.30. The van der Waals surface area contributed by atoms with Crippen LogP contribution in [-0.2, 0) is 4.74 Å². The van der Waals surface area contributed by atoms with E-state index in [2.05, 4.69) is 4.98 Å². The Morgan fingerprint density at radius 1 is 1.47 bits per heavy atom. The second kappa shape index (κ2) is 5.68. The van der Waals surface area contributed by atoms with Gasteiger partial charge in [-0.1, -0.05) is 0 Å². The summed E-state index contributed by atoms with van der Waals surface area (Å²) in [6.45, 7) is 4.29. The predicted molar refractivity (Wildman–Crippen MR) is 56.8 cm³/mol. The van der Waals surface area contributed by atoms with Gasteiger partial charge in [-0.05, 0) is 19.9 Å². The third-order valence-corrected chi connectivity index (χ3v) is 2.20. The van der Waals surface area contributed by atoms with Gasteiger partial charge in [-0.25, -0.2) is 0 Å². The lowest BCUT2D eigenvalue weighted by Crippen LogP contribution is -2.17. The van der Waals surface area contributed by atoms with E-state index in [0.717, 1.165) is 0 Å². The second-order valence-electron chi connectivity index (χ2n) is 3.27. The van der Waals surface area contributed by atoms with Crippen LogP contribution in [-0.4, -0.2) is 29.9 Å².